The van der Waals surface area contributed by atoms with Crippen molar-refractivity contribution in [2.75, 3.05) is 14.7 Å². The van der Waals surface area contributed by atoms with Gasteiger partial charge in [0.1, 0.15) is 0 Å². The van der Waals surface area contributed by atoms with Crippen LogP contribution in [0.25, 0.3) is 11.4 Å². The Bertz CT molecular complexity index is 4240. The number of benzene rings is 11. The fourth-order valence-electron chi connectivity index (χ4n) is 15.3. The summed E-state index contributed by atoms with van der Waals surface area (Å²) in [5, 5.41) is 0. The van der Waals surface area contributed by atoms with E-state index in [0.717, 1.165) is 84.8 Å². The van der Waals surface area contributed by atoms with Gasteiger partial charge in [-0.3, -0.25) is 9.97 Å². The van der Waals surface area contributed by atoms with Crippen LogP contribution in [0.2, 0.25) is 0 Å². The van der Waals surface area contributed by atoms with E-state index in [2.05, 4.69) is 324 Å². The van der Waals surface area contributed by atoms with Crippen LogP contribution in [0.5, 0.6) is 0 Å². The van der Waals surface area contributed by atoms with E-state index in [0.29, 0.717) is 0 Å². The van der Waals surface area contributed by atoms with Gasteiger partial charge in [0, 0.05) is 29.5 Å². The molecule has 0 bridgehead atoms. The van der Waals surface area contributed by atoms with Gasteiger partial charge in [-0.2, -0.15) is 0 Å². The van der Waals surface area contributed by atoms with Gasteiger partial charge in [-0.05, 0) is 152 Å². The molecule has 0 atom stereocenters. The number of hydrogen-bond donors (Lipinski definition) is 0. The number of aromatic nitrogens is 2. The van der Waals surface area contributed by atoms with Crippen molar-refractivity contribution < 1.29 is 0 Å². The molecular formula is C79H53N5. The third-order valence-electron chi connectivity index (χ3n) is 18.5. The van der Waals surface area contributed by atoms with E-state index in [1.807, 2.05) is 12.4 Å². The topological polar surface area (TPSA) is 35.5 Å². The first-order valence-corrected chi connectivity index (χ1v) is 29.0. The molecule has 11 aromatic carbocycles. The van der Waals surface area contributed by atoms with Crippen molar-refractivity contribution in [2.24, 2.45) is 0 Å². The highest BCUT2D eigenvalue weighted by atomic mass is 15.2. The van der Waals surface area contributed by atoms with Crippen LogP contribution in [-0.2, 0) is 16.2 Å². The predicted molar refractivity (Wildman–Crippen MR) is 341 cm³/mol. The molecule has 0 unspecified atom stereocenters. The van der Waals surface area contributed by atoms with Crippen LogP contribution < -0.4 is 14.7 Å². The number of fused-ring (bicyclic) bond motifs is 13. The minimum Gasteiger partial charge on any atom is -0.310 e. The molecule has 2 aromatic heterocycles. The van der Waals surface area contributed by atoms with Gasteiger partial charge in [0.15, 0.2) is 0 Å². The van der Waals surface area contributed by atoms with Crippen LogP contribution in [0.1, 0.15) is 66.8 Å². The molecule has 84 heavy (non-hydrogen) atoms. The maximum Gasteiger partial charge on any atom is 0.0937 e. The lowest BCUT2D eigenvalue weighted by atomic mass is 9.62. The zero-order valence-corrected chi connectivity index (χ0v) is 45.8. The zero-order valence-electron chi connectivity index (χ0n) is 45.8. The molecule has 5 heteroatoms. The standard InChI is InChI=1S/C79H53N5/c1-6-26-54(27-7-1)77(55-28-8-2-9-29-55)61-36-16-20-42-69(61)83(70-43-21-17-37-62(70)77)59-46-48-73-67(52-59)79(65-40-24-50-80-75(65)76-66(79)41-25-51-81-76)68-53-60(47-49-74(68)82(73)58-34-14-5-15-35-58)84-71-44-22-18-38-63(71)78(56-30-10-3-11-31-56,57-32-12-4-13-33-57)64-39-19-23-45-72(64)84/h1-53H. The van der Waals surface area contributed by atoms with Crippen LogP contribution in [0.15, 0.2) is 322 Å². The first-order chi connectivity index (χ1) is 41.7. The molecule has 0 N–H and O–H groups in total. The third-order valence-corrected chi connectivity index (χ3v) is 18.5. The fraction of sp³-hybridized carbons (Fsp3) is 0.0380. The summed E-state index contributed by atoms with van der Waals surface area (Å²) in [4.78, 5) is 18.0. The van der Waals surface area contributed by atoms with Gasteiger partial charge in [-0.1, -0.05) is 224 Å². The summed E-state index contributed by atoms with van der Waals surface area (Å²) in [6.07, 6.45) is 3.84. The Morgan fingerprint density at radius 1 is 0.202 bits per heavy atom. The monoisotopic (exact) mass is 1070 g/mol. The number of nitrogens with zero attached hydrogens (tertiary/aromatic N) is 5. The number of pyridine rings is 2. The normalized spacial score (nSPS) is 14.9. The van der Waals surface area contributed by atoms with E-state index in [1.165, 1.54) is 44.5 Å². The van der Waals surface area contributed by atoms with Gasteiger partial charge in [-0.15, -0.1) is 0 Å². The van der Waals surface area contributed by atoms with E-state index in [1.54, 1.807) is 0 Å². The molecule has 5 heterocycles. The smallest absolute Gasteiger partial charge is 0.0937 e. The maximum absolute atomic E-state index is 5.27. The minimum absolute atomic E-state index is 0.616. The summed E-state index contributed by atoms with van der Waals surface area (Å²) in [5.74, 6) is 0. The number of hydrogen-bond acceptors (Lipinski definition) is 5. The van der Waals surface area contributed by atoms with Crippen molar-refractivity contribution in [2.45, 2.75) is 16.2 Å². The molecule has 3 aliphatic heterocycles. The van der Waals surface area contributed by atoms with Crippen molar-refractivity contribution >= 4 is 51.2 Å². The average molecular weight is 1070 g/mol. The Morgan fingerprint density at radius 3 is 0.821 bits per heavy atom. The van der Waals surface area contributed by atoms with Gasteiger partial charge in [-0.25, -0.2) is 0 Å². The lowest BCUT2D eigenvalue weighted by Gasteiger charge is -2.48. The molecule has 0 saturated heterocycles. The fourth-order valence-corrected chi connectivity index (χ4v) is 15.3. The molecule has 1 aliphatic carbocycles. The molecule has 5 nitrogen and oxygen atoms in total. The van der Waals surface area contributed by atoms with Crippen LogP contribution >= 0.6 is 0 Å². The Hall–Kier alpha value is -10.9. The van der Waals surface area contributed by atoms with Crippen molar-refractivity contribution in [1.82, 2.24) is 9.97 Å². The van der Waals surface area contributed by atoms with Crippen LogP contribution in [-0.4, -0.2) is 9.97 Å². The highest BCUT2D eigenvalue weighted by Gasteiger charge is 2.55. The highest BCUT2D eigenvalue weighted by molar-refractivity contribution is 5.99. The van der Waals surface area contributed by atoms with E-state index >= 15 is 0 Å². The molecular weight excluding hydrogens is 1020 g/mol. The summed E-state index contributed by atoms with van der Waals surface area (Å²) in [6.45, 7) is 0. The van der Waals surface area contributed by atoms with Crippen molar-refractivity contribution in [1.29, 1.82) is 0 Å². The summed E-state index contributed by atoms with van der Waals surface area (Å²) in [5.41, 5.74) is 23.7. The number of rotatable bonds is 7. The molecule has 13 aromatic rings. The van der Waals surface area contributed by atoms with Gasteiger partial charge in [0.2, 0.25) is 0 Å². The summed E-state index contributed by atoms with van der Waals surface area (Å²) in [7, 11) is 0. The summed E-state index contributed by atoms with van der Waals surface area (Å²) in [6, 6.07) is 115. The van der Waals surface area contributed by atoms with Crippen molar-refractivity contribution in [3.63, 3.8) is 0 Å². The molecule has 1 spiro atoms. The maximum atomic E-state index is 5.27. The Balaban J connectivity index is 0.952. The number of para-hydroxylation sites is 5. The van der Waals surface area contributed by atoms with Crippen LogP contribution in [0.4, 0.5) is 51.2 Å². The molecule has 0 amide bonds. The summed E-state index contributed by atoms with van der Waals surface area (Å²) < 4.78 is 0. The lowest BCUT2D eigenvalue weighted by Crippen LogP contribution is -2.39. The minimum atomic E-state index is -0.894. The van der Waals surface area contributed by atoms with E-state index < -0.39 is 16.2 Å². The van der Waals surface area contributed by atoms with Gasteiger partial charge < -0.3 is 14.7 Å². The average Bonchev–Trinajstić information content (AvgIpc) is 1.48. The third kappa shape index (κ3) is 6.43. The summed E-state index contributed by atoms with van der Waals surface area (Å²) >= 11 is 0. The molecule has 0 radical (unpaired) electrons. The SMILES string of the molecule is c1ccc(N2c3ccc(N4c5ccccc5C(c5ccccc5)(c5ccccc5)c5ccccc54)cc3C3(c4cc(N5c6ccccc6C(c6ccccc6)(c6ccccc6)c6ccccc65)ccc42)c2cccnc2-c2ncccc23)cc1. The molecule has 0 fully saturated rings. The molecule has 17 rings (SSSR count). The lowest BCUT2D eigenvalue weighted by molar-refractivity contribution is 0.728. The van der Waals surface area contributed by atoms with E-state index in [9.17, 15) is 0 Å². The number of anilines is 9. The predicted octanol–water partition coefficient (Wildman–Crippen LogP) is 19.0. The Kier molecular flexibility index (Phi) is 10.6. The molecule has 0 saturated carbocycles. The second-order valence-corrected chi connectivity index (χ2v) is 22.3. The van der Waals surface area contributed by atoms with Crippen molar-refractivity contribution in [3.8, 4) is 11.4 Å². The quantitative estimate of drug-likeness (QED) is 0.159. The second-order valence-electron chi connectivity index (χ2n) is 22.3. The molecule has 394 valence electrons. The first-order valence-electron chi connectivity index (χ1n) is 29.0. The first kappa shape index (κ1) is 47.9. The van der Waals surface area contributed by atoms with Crippen LogP contribution in [0, 0.1) is 0 Å². The molecule has 4 aliphatic rings. The second kappa shape index (κ2) is 18.6. The van der Waals surface area contributed by atoms with Gasteiger partial charge in [0.05, 0.1) is 61.8 Å². The highest BCUT2D eigenvalue weighted by Crippen LogP contribution is 2.66. The Morgan fingerprint density at radius 2 is 0.476 bits per heavy atom. The van der Waals surface area contributed by atoms with Crippen molar-refractivity contribution in [3.05, 3.63) is 389 Å². The largest absolute Gasteiger partial charge is 0.310 e. The van der Waals surface area contributed by atoms with E-state index in [-0.39, 0.29) is 0 Å². The van der Waals surface area contributed by atoms with Crippen LogP contribution in [0.3, 0.4) is 0 Å². The zero-order chi connectivity index (χ0) is 55.4. The van der Waals surface area contributed by atoms with Gasteiger partial charge in [0.25, 0.3) is 0 Å². The van der Waals surface area contributed by atoms with E-state index in [4.69, 9.17) is 9.97 Å². The van der Waals surface area contributed by atoms with Gasteiger partial charge >= 0.3 is 0 Å². The Labute approximate surface area is 489 Å².